The van der Waals surface area contributed by atoms with Crippen LogP contribution in [-0.4, -0.2) is 4.40 Å². The summed E-state index contributed by atoms with van der Waals surface area (Å²) in [6.45, 7) is 14.6. The molecule has 3 unspecified atom stereocenters. The smallest absolute Gasteiger partial charge is 0.223 e. The van der Waals surface area contributed by atoms with Crippen LogP contribution in [0.2, 0.25) is 0 Å². The molecule has 0 radical (unpaired) electrons. The van der Waals surface area contributed by atoms with Gasteiger partial charge in [0, 0.05) is 21.8 Å². The summed E-state index contributed by atoms with van der Waals surface area (Å²) in [5, 5.41) is 4.22. The van der Waals surface area contributed by atoms with E-state index < -0.39 is 0 Å². The number of nitrogens with zero attached hydrogens (tertiary/aromatic N) is 2. The molecule has 3 atom stereocenters. The van der Waals surface area contributed by atoms with Crippen molar-refractivity contribution in [3.8, 4) is 11.3 Å². The highest BCUT2D eigenvalue weighted by atomic mass is 15.2. The van der Waals surface area contributed by atoms with Gasteiger partial charge in [-0.3, -0.25) is 0 Å². The minimum Gasteiger partial charge on any atom is -0.223 e. The summed E-state index contributed by atoms with van der Waals surface area (Å²) >= 11 is 0. The molecule has 3 aromatic carbocycles. The van der Waals surface area contributed by atoms with Gasteiger partial charge in [0.25, 0.3) is 5.65 Å². The van der Waals surface area contributed by atoms with Gasteiger partial charge in [-0.1, -0.05) is 115 Å². The number of imidazole rings is 1. The summed E-state index contributed by atoms with van der Waals surface area (Å²) < 4.78 is 5.45. The highest BCUT2D eigenvalue weighted by molar-refractivity contribution is 6.13. The first-order chi connectivity index (χ1) is 20.9. The first kappa shape index (κ1) is 28.6. The highest BCUT2D eigenvalue weighted by Crippen LogP contribution is 2.52. The van der Waals surface area contributed by atoms with Crippen molar-refractivity contribution in [3.63, 3.8) is 0 Å². The molecule has 3 heterocycles. The molecule has 43 heavy (non-hydrogen) atoms. The molecule has 5 aromatic rings. The first-order valence-electron chi connectivity index (χ1n) is 17.5. The highest BCUT2D eigenvalue weighted by Gasteiger charge is 2.54. The van der Waals surface area contributed by atoms with Crippen LogP contribution < -0.4 is 4.57 Å². The molecule has 1 aliphatic carbocycles. The van der Waals surface area contributed by atoms with Gasteiger partial charge in [-0.2, -0.15) is 4.40 Å². The van der Waals surface area contributed by atoms with E-state index in [0.717, 1.165) is 12.8 Å². The van der Waals surface area contributed by atoms with E-state index >= 15 is 0 Å². The molecule has 0 spiro atoms. The number of hydrogen-bond donors (Lipinski definition) is 0. The van der Waals surface area contributed by atoms with Crippen molar-refractivity contribution in [2.24, 2.45) is 0 Å². The van der Waals surface area contributed by atoms with Crippen molar-refractivity contribution < 1.29 is 4.57 Å². The van der Waals surface area contributed by atoms with Crippen LogP contribution in [0.5, 0.6) is 0 Å². The van der Waals surface area contributed by atoms with Crippen molar-refractivity contribution in [1.29, 1.82) is 0 Å². The van der Waals surface area contributed by atoms with E-state index in [1.54, 1.807) is 16.7 Å². The molecule has 0 saturated heterocycles. The Morgan fingerprint density at radius 1 is 0.837 bits per heavy atom. The van der Waals surface area contributed by atoms with Gasteiger partial charge in [0.15, 0.2) is 5.69 Å². The summed E-state index contributed by atoms with van der Waals surface area (Å²) in [5.41, 5.74) is 10.4. The minimum atomic E-state index is -0.0392. The Balaban J connectivity index is 1.69. The van der Waals surface area contributed by atoms with Crippen molar-refractivity contribution >= 4 is 27.3 Å². The quantitative estimate of drug-likeness (QED) is 0.129. The zero-order chi connectivity index (χ0) is 29.9. The second-order valence-electron chi connectivity index (χ2n) is 14.1. The summed E-state index contributed by atoms with van der Waals surface area (Å²) in [7, 11) is 0. The maximum absolute atomic E-state index is 2.75. The standard InChI is InChI=1S/C41H51N2/c1-7-18-28(8-2)30-22-16-23-31(29-19-12-11-13-20-29)37(30)36-27-42-39-38-33(32-21-14-15-26-35(32)43(36)39)24-17-25-34(38)40(5,9-3)41(42,6)10-4/h14-17,21-29H,7-13,18-20H2,1-6H3/q+1. The number of para-hydroxylation sites is 1. The second kappa shape index (κ2) is 10.8. The number of pyridine rings is 1. The number of aromatic nitrogens is 2. The van der Waals surface area contributed by atoms with E-state index in [-0.39, 0.29) is 11.0 Å². The molecular weight excluding hydrogens is 520 g/mol. The molecule has 2 aromatic heterocycles. The predicted octanol–water partition coefficient (Wildman–Crippen LogP) is 11.3. The lowest BCUT2D eigenvalue weighted by Crippen LogP contribution is -2.65. The van der Waals surface area contributed by atoms with Crippen LogP contribution in [0, 0.1) is 0 Å². The molecule has 2 nitrogen and oxygen atoms in total. The van der Waals surface area contributed by atoms with Crippen molar-refractivity contribution in [1.82, 2.24) is 4.40 Å². The van der Waals surface area contributed by atoms with Gasteiger partial charge >= 0.3 is 0 Å². The zero-order valence-electron chi connectivity index (χ0n) is 27.5. The van der Waals surface area contributed by atoms with Gasteiger partial charge in [-0.15, -0.1) is 0 Å². The lowest BCUT2D eigenvalue weighted by molar-refractivity contribution is -0.750. The summed E-state index contributed by atoms with van der Waals surface area (Å²) in [4.78, 5) is 0. The number of rotatable bonds is 8. The molecule has 1 saturated carbocycles. The largest absolute Gasteiger partial charge is 0.296 e. The number of hydrogen-bond acceptors (Lipinski definition) is 0. The third-order valence-corrected chi connectivity index (χ3v) is 12.4. The van der Waals surface area contributed by atoms with Gasteiger partial charge in [0.1, 0.15) is 17.3 Å². The Morgan fingerprint density at radius 2 is 1.58 bits per heavy atom. The fraction of sp³-hybridized carbons (Fsp3) is 0.488. The minimum absolute atomic E-state index is 0.0282. The lowest BCUT2D eigenvalue weighted by atomic mass is 9.62. The van der Waals surface area contributed by atoms with Crippen LogP contribution in [0.25, 0.3) is 38.6 Å². The Kier molecular flexibility index (Phi) is 7.19. The van der Waals surface area contributed by atoms with Crippen molar-refractivity contribution in [2.45, 2.75) is 129 Å². The SMILES string of the molecule is CCCC(CC)c1cccc(C2CCCCC2)c1-c1c[n+]2c3c4c(cccc4c4ccccc4n13)C(C)(CC)C2(C)CC. The summed E-state index contributed by atoms with van der Waals surface area (Å²) in [5.74, 6) is 1.22. The number of fused-ring (bicyclic) bond motifs is 3. The van der Waals surface area contributed by atoms with E-state index in [4.69, 9.17) is 0 Å². The molecular formula is C41H51N2+. The molecule has 2 heteroatoms. The topological polar surface area (TPSA) is 8.29 Å². The molecule has 224 valence electrons. The monoisotopic (exact) mass is 571 g/mol. The predicted molar refractivity (Wildman–Crippen MR) is 183 cm³/mol. The Bertz CT molecular complexity index is 1800. The van der Waals surface area contributed by atoms with E-state index in [9.17, 15) is 0 Å². The van der Waals surface area contributed by atoms with Crippen molar-refractivity contribution in [2.75, 3.05) is 0 Å². The third-order valence-electron chi connectivity index (χ3n) is 12.4. The van der Waals surface area contributed by atoms with E-state index in [1.807, 2.05) is 0 Å². The summed E-state index contributed by atoms with van der Waals surface area (Å²) in [6.07, 6.45) is 15.2. The third kappa shape index (κ3) is 3.94. The lowest BCUT2D eigenvalue weighted by Gasteiger charge is -2.46. The van der Waals surface area contributed by atoms with Crippen LogP contribution in [0.3, 0.4) is 0 Å². The van der Waals surface area contributed by atoms with E-state index in [1.165, 1.54) is 89.9 Å². The molecule has 7 rings (SSSR count). The van der Waals surface area contributed by atoms with Gasteiger partial charge in [0.2, 0.25) is 0 Å². The van der Waals surface area contributed by atoms with Gasteiger partial charge in [-0.25, -0.2) is 4.57 Å². The van der Waals surface area contributed by atoms with E-state index in [2.05, 4.69) is 117 Å². The molecule has 0 N–H and O–H groups in total. The average molecular weight is 572 g/mol. The molecule has 2 aliphatic rings. The van der Waals surface area contributed by atoms with E-state index in [0.29, 0.717) is 11.8 Å². The van der Waals surface area contributed by atoms with Gasteiger partial charge < -0.3 is 0 Å². The molecule has 1 aliphatic heterocycles. The zero-order valence-corrected chi connectivity index (χ0v) is 27.5. The molecule has 1 fully saturated rings. The Hall–Kier alpha value is -3.13. The van der Waals surface area contributed by atoms with Crippen LogP contribution in [0.15, 0.2) is 66.9 Å². The van der Waals surface area contributed by atoms with Gasteiger partial charge in [-0.05, 0) is 80.0 Å². The van der Waals surface area contributed by atoms with Crippen LogP contribution in [0.1, 0.15) is 134 Å². The fourth-order valence-electron chi connectivity index (χ4n) is 9.46. The van der Waals surface area contributed by atoms with Crippen LogP contribution in [0.4, 0.5) is 0 Å². The second-order valence-corrected chi connectivity index (χ2v) is 14.1. The Labute approximate surface area is 259 Å². The van der Waals surface area contributed by atoms with Crippen LogP contribution >= 0.6 is 0 Å². The maximum Gasteiger partial charge on any atom is 0.296 e. The van der Waals surface area contributed by atoms with Crippen LogP contribution in [-0.2, 0) is 11.0 Å². The fourth-order valence-corrected chi connectivity index (χ4v) is 9.46. The van der Waals surface area contributed by atoms with Gasteiger partial charge in [0.05, 0.1) is 5.39 Å². The number of benzene rings is 3. The maximum atomic E-state index is 2.75. The summed E-state index contributed by atoms with van der Waals surface area (Å²) in [6, 6.07) is 23.7. The normalized spacial score (nSPS) is 23.1. The van der Waals surface area contributed by atoms with Crippen molar-refractivity contribution in [3.05, 3.63) is 83.6 Å². The average Bonchev–Trinajstić information content (AvgIpc) is 3.47. The first-order valence-corrected chi connectivity index (χ1v) is 17.5. The molecule has 0 bridgehead atoms. The Morgan fingerprint density at radius 3 is 2.30 bits per heavy atom. The molecule has 0 amide bonds.